The highest BCUT2D eigenvalue weighted by molar-refractivity contribution is 5.73. The quantitative estimate of drug-likeness (QED) is 0.658. The number of hydrogen-bond donors (Lipinski definition) is 2. The van der Waals surface area contributed by atoms with Crippen LogP contribution in [0.1, 0.15) is 24.7 Å². The molecule has 0 fully saturated rings. The van der Waals surface area contributed by atoms with Gasteiger partial charge in [0, 0.05) is 26.1 Å². The summed E-state index contributed by atoms with van der Waals surface area (Å²) in [5.41, 5.74) is 7.19. The minimum atomic E-state index is -0.275. The molecule has 1 aromatic rings. The fourth-order valence-electron chi connectivity index (χ4n) is 1.44. The molecule has 0 aliphatic heterocycles. The molecular weight excluding hydrogens is 192 g/mol. The highest BCUT2D eigenvalue weighted by Gasteiger charge is 2.03. The summed E-state index contributed by atoms with van der Waals surface area (Å²) in [5, 5.41) is 7.49. The number of nitrogens with zero attached hydrogens (tertiary/aromatic N) is 2. The van der Waals surface area contributed by atoms with Crippen molar-refractivity contribution in [1.29, 1.82) is 0 Å². The van der Waals surface area contributed by atoms with Crippen LogP contribution in [-0.2, 0) is 17.9 Å². The lowest BCUT2D eigenvalue weighted by Gasteiger charge is -2.05. The lowest BCUT2D eigenvalue weighted by molar-refractivity contribution is -0.117. The molecule has 1 aromatic heterocycles. The Labute approximate surface area is 89.6 Å². The molecule has 0 saturated heterocycles. The van der Waals surface area contributed by atoms with Gasteiger partial charge < -0.3 is 11.1 Å². The monoisotopic (exact) mass is 210 g/mol. The van der Waals surface area contributed by atoms with Crippen LogP contribution in [0.25, 0.3) is 0 Å². The standard InChI is InChI=1S/C10H18N4O/c1-3-14-9(6-8(2)13-14)7-12-5-4-10(11)15/h6,12H,3-5,7H2,1-2H3,(H2,11,15). The first-order valence-corrected chi connectivity index (χ1v) is 5.15. The van der Waals surface area contributed by atoms with E-state index in [1.54, 1.807) is 0 Å². The first-order chi connectivity index (χ1) is 7.13. The molecule has 0 aliphatic rings. The third-order valence-electron chi connectivity index (χ3n) is 2.14. The lowest BCUT2D eigenvalue weighted by atomic mass is 10.3. The molecule has 5 heteroatoms. The van der Waals surface area contributed by atoms with Crippen molar-refractivity contribution in [2.45, 2.75) is 33.4 Å². The molecule has 0 aliphatic carbocycles. The Morgan fingerprint density at radius 1 is 1.67 bits per heavy atom. The molecule has 0 aromatic carbocycles. The van der Waals surface area contributed by atoms with Crippen LogP contribution in [0.4, 0.5) is 0 Å². The van der Waals surface area contributed by atoms with Crippen LogP contribution in [0, 0.1) is 6.92 Å². The molecular formula is C10H18N4O. The van der Waals surface area contributed by atoms with E-state index < -0.39 is 0 Å². The normalized spacial score (nSPS) is 10.5. The van der Waals surface area contributed by atoms with Gasteiger partial charge in [-0.2, -0.15) is 5.10 Å². The van der Waals surface area contributed by atoms with Gasteiger partial charge in [0.2, 0.25) is 5.91 Å². The fraction of sp³-hybridized carbons (Fsp3) is 0.600. The molecule has 1 rings (SSSR count). The average molecular weight is 210 g/mol. The number of hydrogen-bond acceptors (Lipinski definition) is 3. The van der Waals surface area contributed by atoms with Crippen LogP contribution in [0.2, 0.25) is 0 Å². The summed E-state index contributed by atoms with van der Waals surface area (Å²) in [6, 6.07) is 2.04. The van der Waals surface area contributed by atoms with Gasteiger partial charge in [-0.15, -0.1) is 0 Å². The minimum Gasteiger partial charge on any atom is -0.370 e. The van der Waals surface area contributed by atoms with Gasteiger partial charge >= 0.3 is 0 Å². The Kier molecular flexibility index (Phi) is 4.30. The predicted molar refractivity (Wildman–Crippen MR) is 58.2 cm³/mol. The van der Waals surface area contributed by atoms with E-state index in [1.165, 1.54) is 0 Å². The van der Waals surface area contributed by atoms with E-state index in [-0.39, 0.29) is 5.91 Å². The Morgan fingerprint density at radius 3 is 3.00 bits per heavy atom. The van der Waals surface area contributed by atoms with Crippen molar-refractivity contribution in [3.8, 4) is 0 Å². The Balaban J connectivity index is 2.39. The average Bonchev–Trinajstić information content (AvgIpc) is 2.53. The number of aryl methyl sites for hydroxylation is 2. The predicted octanol–water partition coefficient (Wildman–Crippen LogP) is 0.176. The molecule has 0 spiro atoms. The van der Waals surface area contributed by atoms with Gasteiger partial charge in [-0.05, 0) is 19.9 Å². The van der Waals surface area contributed by atoms with E-state index in [4.69, 9.17) is 5.73 Å². The number of rotatable bonds is 6. The molecule has 84 valence electrons. The van der Waals surface area contributed by atoms with E-state index in [0.29, 0.717) is 13.0 Å². The summed E-state index contributed by atoms with van der Waals surface area (Å²) in [4.78, 5) is 10.5. The Morgan fingerprint density at radius 2 is 2.40 bits per heavy atom. The highest BCUT2D eigenvalue weighted by Crippen LogP contribution is 2.02. The molecule has 0 saturated carbocycles. The molecule has 15 heavy (non-hydrogen) atoms. The fourth-order valence-corrected chi connectivity index (χ4v) is 1.44. The lowest BCUT2D eigenvalue weighted by Crippen LogP contribution is -2.22. The number of aromatic nitrogens is 2. The van der Waals surface area contributed by atoms with Gasteiger partial charge in [0.05, 0.1) is 11.4 Å². The summed E-state index contributed by atoms with van der Waals surface area (Å²) in [7, 11) is 0. The van der Waals surface area contributed by atoms with E-state index in [1.807, 2.05) is 17.7 Å². The number of nitrogens with two attached hydrogens (primary N) is 1. The first-order valence-electron chi connectivity index (χ1n) is 5.15. The summed E-state index contributed by atoms with van der Waals surface area (Å²) < 4.78 is 1.95. The van der Waals surface area contributed by atoms with Gasteiger partial charge in [-0.25, -0.2) is 0 Å². The van der Waals surface area contributed by atoms with E-state index in [2.05, 4.69) is 17.3 Å². The van der Waals surface area contributed by atoms with E-state index in [0.717, 1.165) is 24.5 Å². The second kappa shape index (κ2) is 5.50. The van der Waals surface area contributed by atoms with E-state index in [9.17, 15) is 4.79 Å². The smallest absolute Gasteiger partial charge is 0.218 e. The Bertz CT molecular complexity index is 332. The second-order valence-electron chi connectivity index (χ2n) is 3.49. The van der Waals surface area contributed by atoms with Gasteiger partial charge in [0.15, 0.2) is 0 Å². The van der Waals surface area contributed by atoms with E-state index >= 15 is 0 Å². The minimum absolute atomic E-state index is 0.275. The molecule has 0 radical (unpaired) electrons. The van der Waals surface area contributed by atoms with Crippen LogP contribution >= 0.6 is 0 Å². The van der Waals surface area contributed by atoms with Crippen molar-refractivity contribution >= 4 is 5.91 Å². The maximum Gasteiger partial charge on any atom is 0.218 e. The van der Waals surface area contributed by atoms with Crippen molar-refractivity contribution in [2.24, 2.45) is 5.73 Å². The van der Waals surface area contributed by atoms with Crippen LogP contribution in [-0.4, -0.2) is 22.2 Å². The van der Waals surface area contributed by atoms with Crippen molar-refractivity contribution in [1.82, 2.24) is 15.1 Å². The number of carbonyl (C=O) groups excluding carboxylic acids is 1. The third-order valence-corrected chi connectivity index (χ3v) is 2.14. The topological polar surface area (TPSA) is 72.9 Å². The van der Waals surface area contributed by atoms with Crippen LogP contribution in [0.3, 0.4) is 0 Å². The van der Waals surface area contributed by atoms with Gasteiger partial charge in [0.1, 0.15) is 0 Å². The van der Waals surface area contributed by atoms with Gasteiger partial charge in [-0.1, -0.05) is 0 Å². The summed E-state index contributed by atoms with van der Waals surface area (Å²) in [6.45, 7) is 6.23. The highest BCUT2D eigenvalue weighted by atomic mass is 16.1. The number of amides is 1. The summed E-state index contributed by atoms with van der Waals surface area (Å²) >= 11 is 0. The summed E-state index contributed by atoms with van der Waals surface area (Å²) in [5.74, 6) is -0.275. The largest absolute Gasteiger partial charge is 0.370 e. The zero-order valence-electron chi connectivity index (χ0n) is 9.29. The molecule has 0 unspecified atom stereocenters. The molecule has 1 heterocycles. The van der Waals surface area contributed by atoms with Crippen molar-refractivity contribution in [3.05, 3.63) is 17.5 Å². The van der Waals surface area contributed by atoms with Gasteiger partial charge in [0.25, 0.3) is 0 Å². The maximum absolute atomic E-state index is 10.5. The van der Waals surface area contributed by atoms with Crippen LogP contribution < -0.4 is 11.1 Å². The van der Waals surface area contributed by atoms with Crippen molar-refractivity contribution in [3.63, 3.8) is 0 Å². The molecule has 1 amide bonds. The first kappa shape index (κ1) is 11.7. The molecule has 3 N–H and O–H groups in total. The van der Waals surface area contributed by atoms with Crippen molar-refractivity contribution in [2.75, 3.05) is 6.54 Å². The van der Waals surface area contributed by atoms with Gasteiger partial charge in [-0.3, -0.25) is 9.48 Å². The Hall–Kier alpha value is -1.36. The molecule has 0 bridgehead atoms. The SMILES string of the molecule is CCn1nc(C)cc1CNCCC(N)=O. The zero-order valence-corrected chi connectivity index (χ0v) is 9.29. The van der Waals surface area contributed by atoms with Crippen LogP contribution in [0.15, 0.2) is 6.07 Å². The summed E-state index contributed by atoms with van der Waals surface area (Å²) in [6.07, 6.45) is 0.374. The molecule has 5 nitrogen and oxygen atoms in total. The molecule has 0 atom stereocenters. The maximum atomic E-state index is 10.5. The number of primary amides is 1. The third kappa shape index (κ3) is 3.71. The van der Waals surface area contributed by atoms with Crippen molar-refractivity contribution < 1.29 is 4.79 Å². The van der Waals surface area contributed by atoms with Crippen LogP contribution in [0.5, 0.6) is 0 Å². The number of carbonyl (C=O) groups is 1. The zero-order chi connectivity index (χ0) is 11.3. The second-order valence-corrected chi connectivity index (χ2v) is 3.49. The number of nitrogens with one attached hydrogen (secondary N) is 1.